The zero-order valence-corrected chi connectivity index (χ0v) is 22.2. The second-order valence-corrected chi connectivity index (χ2v) is 8.94. The van der Waals surface area contributed by atoms with Gasteiger partial charge < -0.3 is 48.3 Å². The van der Waals surface area contributed by atoms with Crippen LogP contribution in [0.15, 0.2) is 46.3 Å². The van der Waals surface area contributed by atoms with Gasteiger partial charge in [0.25, 0.3) is 5.91 Å². The average Bonchev–Trinajstić information content (AvgIpc) is 2.81. The third-order valence-electron chi connectivity index (χ3n) is 4.82. The van der Waals surface area contributed by atoms with Crippen molar-refractivity contribution < 1.29 is 37.9 Å². The Labute approximate surface area is 226 Å². The molecular weight excluding hydrogens is 453 g/mol. The number of amides is 2. The van der Waals surface area contributed by atoms with E-state index in [9.17, 15) is 9.59 Å². The molecule has 3 rings (SSSR count). The Morgan fingerprint density at radius 2 is 1.97 bits per heavy atom. The molecule has 190 valence electrons. The first-order valence-corrected chi connectivity index (χ1v) is 11.3. The first kappa shape index (κ1) is 31.0. The van der Waals surface area contributed by atoms with Gasteiger partial charge in [0.15, 0.2) is 0 Å². The zero-order chi connectivity index (χ0) is 26.0. The summed E-state index contributed by atoms with van der Waals surface area (Å²) in [5, 5.41) is 12.6. The van der Waals surface area contributed by atoms with Crippen molar-refractivity contribution in [3.05, 3.63) is 59.2 Å². The van der Waals surface area contributed by atoms with Crippen molar-refractivity contribution in [2.75, 3.05) is 13.7 Å². The Morgan fingerprint density at radius 1 is 1.28 bits per heavy atom. The molecule has 1 unspecified atom stereocenters. The molecule has 0 saturated carbocycles. The molecule has 10 heteroatoms. The van der Waals surface area contributed by atoms with Crippen LogP contribution in [-0.4, -0.2) is 55.3 Å². The summed E-state index contributed by atoms with van der Waals surface area (Å²) in [6.07, 6.45) is 9.67. The molecule has 2 heterocycles. The van der Waals surface area contributed by atoms with E-state index in [1.165, 1.54) is 7.11 Å². The molecule has 0 bridgehead atoms. The molecule has 0 aromatic heterocycles. The quantitative estimate of drug-likeness (QED) is 0.276. The van der Waals surface area contributed by atoms with Gasteiger partial charge in [0.1, 0.15) is 17.5 Å². The average molecular weight is 488 g/mol. The molecule has 2 aliphatic heterocycles. The standard InChI is InChI=1S/C23H27N5O4.C3H7.Li/c1-23(2,3)32-22(30)28-10-9-15-12-19(31-5)18(11-16(15)14-28)21(29)27-20-8-6-7-17(26-20)13-25-24-4;1-3-2;/h4,6-8,11-12,20,26H,9-10,14H2,1-3,5H3,(H,27,29);3H,1-2H3;/q-2;-1;+1. The summed E-state index contributed by atoms with van der Waals surface area (Å²) in [5.74, 6) is 0.139. The Hall–Kier alpha value is -3.02. The molecule has 2 N–H and O–H groups in total. The number of nitrogens with one attached hydrogen (secondary N) is 2. The number of dihydropyridines is 1. The van der Waals surface area contributed by atoms with E-state index >= 15 is 0 Å². The van der Waals surface area contributed by atoms with Gasteiger partial charge in [-0.15, -0.1) is 18.0 Å². The van der Waals surface area contributed by atoms with Crippen molar-refractivity contribution in [2.45, 2.75) is 59.4 Å². The number of ether oxygens (including phenoxy) is 2. The molecule has 1 atom stereocenters. The molecule has 0 aliphatic carbocycles. The number of rotatable bonds is 5. The normalized spacial score (nSPS) is 16.3. The number of methoxy groups -OCH3 is 1. The predicted molar refractivity (Wildman–Crippen MR) is 137 cm³/mol. The number of carbonyl (C=O) groups is 2. The summed E-state index contributed by atoms with van der Waals surface area (Å²) in [6, 6.07) is 3.62. The van der Waals surface area contributed by atoms with Crippen molar-refractivity contribution in [3.63, 3.8) is 0 Å². The molecule has 0 spiro atoms. The number of hydrogen-bond acceptors (Lipinski definition) is 7. The molecule has 0 fully saturated rings. The predicted octanol–water partition coefficient (Wildman–Crippen LogP) is 0.762. The minimum absolute atomic E-state index is 0. The number of benzene rings is 1. The van der Waals surface area contributed by atoms with E-state index in [4.69, 9.17) is 16.2 Å². The number of fused-ring (bicyclic) bond motifs is 1. The zero-order valence-electron chi connectivity index (χ0n) is 22.2. The topological polar surface area (TPSA) is 105 Å². The molecule has 1 aromatic carbocycles. The van der Waals surface area contributed by atoms with Gasteiger partial charge in [0.05, 0.1) is 12.7 Å². The Balaban J connectivity index is 0.00000154. The van der Waals surface area contributed by atoms with Crippen molar-refractivity contribution >= 4 is 24.9 Å². The number of allylic oxidation sites excluding steroid dienone is 3. The van der Waals surface area contributed by atoms with Crippen LogP contribution in [0.3, 0.4) is 0 Å². The molecule has 9 nitrogen and oxygen atoms in total. The van der Waals surface area contributed by atoms with Crippen LogP contribution in [0.4, 0.5) is 4.79 Å². The molecule has 2 aliphatic rings. The van der Waals surface area contributed by atoms with Gasteiger partial charge in [-0.2, -0.15) is 19.9 Å². The van der Waals surface area contributed by atoms with Crippen LogP contribution in [0.2, 0.25) is 0 Å². The monoisotopic (exact) mass is 487 g/mol. The van der Waals surface area contributed by atoms with Crippen molar-refractivity contribution in [2.24, 2.45) is 10.2 Å². The second kappa shape index (κ2) is 14.5. The van der Waals surface area contributed by atoms with Crippen molar-refractivity contribution in [1.82, 2.24) is 15.5 Å². The third kappa shape index (κ3) is 9.21. The SMILES string of the molecule is C[CH-]C.[CH-]=NN=[C-]C1=CC=CC(NC(=O)c2cc3c(cc2OC)CCN(C(=O)OC(C)(C)C)C3)N1.[Li+]. The van der Waals surface area contributed by atoms with Crippen LogP contribution in [0.5, 0.6) is 5.75 Å². The Kier molecular flexibility index (Phi) is 12.5. The second-order valence-electron chi connectivity index (χ2n) is 8.94. The van der Waals surface area contributed by atoms with Crippen LogP contribution in [0, 0.1) is 6.42 Å². The fourth-order valence-electron chi connectivity index (χ4n) is 3.40. The molecule has 36 heavy (non-hydrogen) atoms. The van der Waals surface area contributed by atoms with Gasteiger partial charge in [-0.25, -0.2) is 4.79 Å². The smallest absolute Gasteiger partial charge is 0.496 e. The summed E-state index contributed by atoms with van der Waals surface area (Å²) < 4.78 is 11.0. The van der Waals surface area contributed by atoms with E-state index < -0.39 is 11.8 Å². The van der Waals surface area contributed by atoms with E-state index in [0.717, 1.165) is 11.1 Å². The summed E-state index contributed by atoms with van der Waals surface area (Å²) in [5.41, 5.74) is 2.24. The fraction of sp³-hybridized carbons (Fsp3) is 0.423. The molecule has 1 aromatic rings. The van der Waals surface area contributed by atoms with Crippen molar-refractivity contribution in [3.8, 4) is 5.75 Å². The molecular formula is C26H34LiN5O4-2. The summed E-state index contributed by atoms with van der Waals surface area (Å²) >= 11 is 0. The van der Waals surface area contributed by atoms with Gasteiger partial charge >= 0.3 is 25.0 Å². The maximum Gasteiger partial charge on any atom is 1.00 e. The number of carbonyl (C=O) groups excluding carboxylic acids is 2. The molecule has 0 radical (unpaired) electrons. The van der Waals surface area contributed by atoms with Crippen LogP contribution in [0.1, 0.15) is 56.1 Å². The van der Waals surface area contributed by atoms with Crippen molar-refractivity contribution in [1.29, 1.82) is 0 Å². The third-order valence-corrected chi connectivity index (χ3v) is 4.82. The minimum Gasteiger partial charge on any atom is -0.496 e. The van der Waals surface area contributed by atoms with E-state index in [1.807, 2.05) is 47.1 Å². The fourth-order valence-corrected chi connectivity index (χ4v) is 3.40. The van der Waals surface area contributed by atoms with E-state index in [0.29, 0.717) is 36.5 Å². The maximum absolute atomic E-state index is 13.0. The van der Waals surface area contributed by atoms with E-state index in [-0.39, 0.29) is 30.9 Å². The van der Waals surface area contributed by atoms with Gasteiger partial charge in [-0.3, -0.25) is 4.79 Å². The van der Waals surface area contributed by atoms with E-state index in [2.05, 4.69) is 27.1 Å². The van der Waals surface area contributed by atoms with Crippen LogP contribution >= 0.6 is 0 Å². The Bertz CT molecular complexity index is 1010. The first-order chi connectivity index (χ1) is 16.6. The Morgan fingerprint density at radius 3 is 2.58 bits per heavy atom. The largest absolute Gasteiger partial charge is 1.00 e. The van der Waals surface area contributed by atoms with Gasteiger partial charge in [0, 0.05) is 13.1 Å². The summed E-state index contributed by atoms with van der Waals surface area (Å²) in [7, 11) is 1.52. The maximum atomic E-state index is 13.0. The van der Waals surface area contributed by atoms with E-state index in [1.54, 1.807) is 29.2 Å². The summed E-state index contributed by atoms with van der Waals surface area (Å²) in [6.45, 7) is 15.4. The number of hydrogen-bond donors (Lipinski definition) is 2. The molecule has 2 amide bonds. The van der Waals surface area contributed by atoms with Gasteiger partial charge in [0.2, 0.25) is 0 Å². The summed E-state index contributed by atoms with van der Waals surface area (Å²) in [4.78, 5) is 27.2. The van der Waals surface area contributed by atoms with Gasteiger partial charge in [-0.1, -0.05) is 6.08 Å². The number of nitrogens with zero attached hydrogens (tertiary/aromatic N) is 3. The van der Waals surface area contributed by atoms with Crippen LogP contribution < -0.4 is 34.2 Å². The first-order valence-electron chi connectivity index (χ1n) is 11.3. The van der Waals surface area contributed by atoms with Crippen LogP contribution in [0.25, 0.3) is 0 Å². The van der Waals surface area contributed by atoms with Crippen LogP contribution in [-0.2, 0) is 17.7 Å². The minimum atomic E-state index is -0.573. The molecule has 0 saturated heterocycles. The van der Waals surface area contributed by atoms with Gasteiger partial charge in [-0.05, 0) is 50.5 Å².